The second-order valence-corrected chi connectivity index (χ2v) is 6.74. The summed E-state index contributed by atoms with van der Waals surface area (Å²) < 4.78 is 0. The number of amides is 1. The summed E-state index contributed by atoms with van der Waals surface area (Å²) in [6.07, 6.45) is 4.30. The van der Waals surface area contributed by atoms with Crippen LogP contribution in [0.1, 0.15) is 25.7 Å². The van der Waals surface area contributed by atoms with Crippen molar-refractivity contribution in [2.24, 2.45) is 5.73 Å². The molecular formula is C15H20Cl3N3O. The lowest BCUT2D eigenvalue weighted by Gasteiger charge is -2.35. The van der Waals surface area contributed by atoms with Crippen LogP contribution in [0.2, 0.25) is 15.1 Å². The third-order valence-electron chi connectivity index (χ3n) is 3.87. The quantitative estimate of drug-likeness (QED) is 0.835. The molecule has 1 saturated heterocycles. The number of carbonyl (C=O) groups excluding carboxylic acids is 1. The second kappa shape index (κ2) is 8.37. The Hall–Kier alpha value is -0.520. The molecule has 0 aromatic heterocycles. The molecule has 2 rings (SSSR count). The van der Waals surface area contributed by atoms with Gasteiger partial charge >= 0.3 is 0 Å². The highest BCUT2D eigenvalue weighted by atomic mass is 35.5. The summed E-state index contributed by atoms with van der Waals surface area (Å²) in [6, 6.07) is 3.49. The second-order valence-electron chi connectivity index (χ2n) is 5.49. The van der Waals surface area contributed by atoms with Gasteiger partial charge in [0.25, 0.3) is 0 Å². The molecule has 1 unspecified atom stereocenters. The fourth-order valence-electron chi connectivity index (χ4n) is 2.81. The molecule has 0 spiro atoms. The summed E-state index contributed by atoms with van der Waals surface area (Å²) in [5.41, 5.74) is 6.06. The van der Waals surface area contributed by atoms with Crippen LogP contribution in [0.15, 0.2) is 12.1 Å². The normalized spacial score (nSPS) is 19.2. The molecule has 1 aliphatic heterocycles. The zero-order chi connectivity index (χ0) is 16.1. The summed E-state index contributed by atoms with van der Waals surface area (Å²) >= 11 is 18.0. The first-order valence-corrected chi connectivity index (χ1v) is 8.53. The maximum atomic E-state index is 12.3. The standard InChI is InChI=1S/C15H20Cl3N3O/c16-10-7-12(17)15(13(18)8-10)20-14(22)9-21-6-2-1-3-11(21)4-5-19/h7-8,11H,1-6,9,19H2,(H,20,22). The molecule has 0 aliphatic carbocycles. The Bertz CT molecular complexity index is 514. The van der Waals surface area contributed by atoms with Crippen LogP contribution in [-0.4, -0.2) is 36.5 Å². The molecule has 1 aliphatic rings. The van der Waals surface area contributed by atoms with E-state index >= 15 is 0 Å². The molecule has 3 N–H and O–H groups in total. The first kappa shape index (κ1) is 17.8. The van der Waals surface area contributed by atoms with Gasteiger partial charge in [0.05, 0.1) is 22.3 Å². The number of nitrogens with two attached hydrogens (primary N) is 1. The summed E-state index contributed by atoms with van der Waals surface area (Å²) in [5.74, 6) is -0.130. The molecular weight excluding hydrogens is 345 g/mol. The molecule has 1 fully saturated rings. The van der Waals surface area contributed by atoms with Gasteiger partial charge in [-0.15, -0.1) is 0 Å². The van der Waals surface area contributed by atoms with Crippen molar-refractivity contribution in [2.75, 3.05) is 25.0 Å². The fourth-order valence-corrected chi connectivity index (χ4v) is 3.72. The van der Waals surface area contributed by atoms with E-state index in [0.29, 0.717) is 39.9 Å². The Morgan fingerprint density at radius 1 is 1.27 bits per heavy atom. The molecule has 1 amide bonds. The highest BCUT2D eigenvalue weighted by Gasteiger charge is 2.24. The Balaban J connectivity index is 2.00. The van der Waals surface area contributed by atoms with E-state index in [9.17, 15) is 4.79 Å². The van der Waals surface area contributed by atoms with Crippen LogP contribution < -0.4 is 11.1 Å². The van der Waals surface area contributed by atoms with Gasteiger partial charge < -0.3 is 11.1 Å². The van der Waals surface area contributed by atoms with Gasteiger partial charge in [0.1, 0.15) is 0 Å². The zero-order valence-corrected chi connectivity index (χ0v) is 14.5. The highest BCUT2D eigenvalue weighted by molar-refractivity contribution is 6.42. The maximum absolute atomic E-state index is 12.3. The van der Waals surface area contributed by atoms with E-state index in [0.717, 1.165) is 25.8 Å². The minimum absolute atomic E-state index is 0.130. The highest BCUT2D eigenvalue weighted by Crippen LogP contribution is 2.33. The van der Waals surface area contributed by atoms with Crippen molar-refractivity contribution < 1.29 is 4.79 Å². The number of rotatable bonds is 5. The number of halogens is 3. The van der Waals surface area contributed by atoms with Gasteiger partial charge in [0.2, 0.25) is 5.91 Å². The largest absolute Gasteiger partial charge is 0.330 e. The van der Waals surface area contributed by atoms with E-state index in [1.807, 2.05) is 0 Å². The smallest absolute Gasteiger partial charge is 0.238 e. The maximum Gasteiger partial charge on any atom is 0.238 e. The monoisotopic (exact) mass is 363 g/mol. The van der Waals surface area contributed by atoms with Gasteiger partial charge in [0, 0.05) is 11.1 Å². The number of benzene rings is 1. The molecule has 0 radical (unpaired) electrons. The van der Waals surface area contributed by atoms with Crippen molar-refractivity contribution in [3.05, 3.63) is 27.2 Å². The van der Waals surface area contributed by atoms with Crippen LogP contribution in [0.3, 0.4) is 0 Å². The van der Waals surface area contributed by atoms with Crippen LogP contribution in [0, 0.1) is 0 Å². The molecule has 4 nitrogen and oxygen atoms in total. The van der Waals surface area contributed by atoms with Gasteiger partial charge in [0.15, 0.2) is 0 Å². The number of piperidine rings is 1. The Morgan fingerprint density at radius 2 is 1.95 bits per heavy atom. The number of hydrogen-bond acceptors (Lipinski definition) is 3. The first-order chi connectivity index (χ1) is 10.5. The molecule has 1 heterocycles. The average molecular weight is 365 g/mol. The van der Waals surface area contributed by atoms with Gasteiger partial charge in [-0.05, 0) is 44.5 Å². The van der Waals surface area contributed by atoms with Crippen molar-refractivity contribution in [3.63, 3.8) is 0 Å². The number of anilines is 1. The van der Waals surface area contributed by atoms with Crippen molar-refractivity contribution in [3.8, 4) is 0 Å². The topological polar surface area (TPSA) is 58.4 Å². The summed E-state index contributed by atoms with van der Waals surface area (Å²) in [4.78, 5) is 14.5. The lowest BCUT2D eigenvalue weighted by molar-refractivity contribution is -0.118. The molecule has 0 bridgehead atoms. The molecule has 7 heteroatoms. The molecule has 1 aromatic carbocycles. The molecule has 0 saturated carbocycles. The van der Waals surface area contributed by atoms with Gasteiger partial charge in [-0.1, -0.05) is 41.2 Å². The minimum atomic E-state index is -0.130. The summed E-state index contributed by atoms with van der Waals surface area (Å²) in [5, 5.41) is 3.89. The lowest BCUT2D eigenvalue weighted by Crippen LogP contribution is -2.44. The molecule has 1 aromatic rings. The zero-order valence-electron chi connectivity index (χ0n) is 12.2. The lowest BCUT2D eigenvalue weighted by atomic mass is 9.99. The number of hydrogen-bond donors (Lipinski definition) is 2. The molecule has 122 valence electrons. The third kappa shape index (κ3) is 4.74. The van der Waals surface area contributed by atoms with Crippen LogP contribution >= 0.6 is 34.8 Å². The van der Waals surface area contributed by atoms with E-state index in [1.165, 1.54) is 6.42 Å². The third-order valence-corrected chi connectivity index (χ3v) is 4.68. The predicted molar refractivity (Wildman–Crippen MR) is 93.0 cm³/mol. The average Bonchev–Trinajstić information content (AvgIpc) is 2.45. The van der Waals surface area contributed by atoms with Gasteiger partial charge in [-0.3, -0.25) is 9.69 Å². The van der Waals surface area contributed by atoms with Crippen LogP contribution in [-0.2, 0) is 4.79 Å². The SMILES string of the molecule is NCCC1CCCCN1CC(=O)Nc1c(Cl)cc(Cl)cc1Cl. The van der Waals surface area contributed by atoms with E-state index < -0.39 is 0 Å². The molecule has 1 atom stereocenters. The van der Waals surface area contributed by atoms with Crippen molar-refractivity contribution in [2.45, 2.75) is 31.7 Å². The Labute approximate surface area is 145 Å². The minimum Gasteiger partial charge on any atom is -0.330 e. The van der Waals surface area contributed by atoms with Crippen molar-refractivity contribution in [1.82, 2.24) is 4.90 Å². The molecule has 22 heavy (non-hydrogen) atoms. The van der Waals surface area contributed by atoms with Gasteiger partial charge in [-0.2, -0.15) is 0 Å². The Kier molecular flexibility index (Phi) is 6.78. The summed E-state index contributed by atoms with van der Waals surface area (Å²) in [7, 11) is 0. The van der Waals surface area contributed by atoms with Crippen molar-refractivity contribution >= 4 is 46.4 Å². The fraction of sp³-hybridized carbons (Fsp3) is 0.533. The predicted octanol–water partition coefficient (Wildman–Crippen LogP) is 3.79. The first-order valence-electron chi connectivity index (χ1n) is 7.39. The van der Waals surface area contributed by atoms with E-state index in [4.69, 9.17) is 40.5 Å². The Morgan fingerprint density at radius 3 is 2.59 bits per heavy atom. The summed E-state index contributed by atoms with van der Waals surface area (Å²) in [6.45, 7) is 1.87. The van der Waals surface area contributed by atoms with E-state index in [-0.39, 0.29) is 5.91 Å². The van der Waals surface area contributed by atoms with Gasteiger partial charge in [-0.25, -0.2) is 0 Å². The number of nitrogens with one attached hydrogen (secondary N) is 1. The van der Waals surface area contributed by atoms with Crippen LogP contribution in [0.4, 0.5) is 5.69 Å². The van der Waals surface area contributed by atoms with Crippen molar-refractivity contribution in [1.29, 1.82) is 0 Å². The van der Waals surface area contributed by atoms with E-state index in [1.54, 1.807) is 12.1 Å². The number of carbonyl (C=O) groups is 1. The number of nitrogens with zero attached hydrogens (tertiary/aromatic N) is 1. The number of likely N-dealkylation sites (tertiary alicyclic amines) is 1. The van der Waals surface area contributed by atoms with E-state index in [2.05, 4.69) is 10.2 Å². The van der Waals surface area contributed by atoms with Crippen LogP contribution in [0.25, 0.3) is 0 Å². The van der Waals surface area contributed by atoms with Crippen LogP contribution in [0.5, 0.6) is 0 Å².